The van der Waals surface area contributed by atoms with Crippen molar-refractivity contribution in [3.8, 4) is 5.75 Å². The molecule has 0 aliphatic heterocycles. The lowest BCUT2D eigenvalue weighted by Gasteiger charge is -2.18. The quantitative estimate of drug-likeness (QED) is 0.692. The van der Waals surface area contributed by atoms with E-state index in [0.29, 0.717) is 18.5 Å². The molecule has 0 saturated carbocycles. The highest BCUT2D eigenvalue weighted by atomic mass is 19.3. The Morgan fingerprint density at radius 2 is 2.06 bits per heavy atom. The zero-order chi connectivity index (χ0) is 13.5. The standard InChI is InChI=1S/C12H17F2NO3/c1-15-6-5-10(16)11(17)8-3-2-4-9(7-8)18-12(13)14/h2-4,7,10-12,15-17H,5-6H2,1H3. The summed E-state index contributed by atoms with van der Waals surface area (Å²) in [7, 11) is 1.73. The maximum atomic E-state index is 12.0. The number of halogens is 2. The highest BCUT2D eigenvalue weighted by molar-refractivity contribution is 5.30. The number of hydrogen-bond acceptors (Lipinski definition) is 4. The van der Waals surface area contributed by atoms with Gasteiger partial charge in [0.1, 0.15) is 11.9 Å². The molecule has 0 amide bonds. The van der Waals surface area contributed by atoms with Crippen molar-refractivity contribution < 1.29 is 23.7 Å². The molecular weight excluding hydrogens is 244 g/mol. The van der Waals surface area contributed by atoms with E-state index in [1.807, 2.05) is 0 Å². The molecule has 0 aliphatic rings. The van der Waals surface area contributed by atoms with E-state index in [1.165, 1.54) is 18.2 Å². The van der Waals surface area contributed by atoms with Crippen molar-refractivity contribution in [2.45, 2.75) is 25.2 Å². The minimum atomic E-state index is -2.91. The van der Waals surface area contributed by atoms with Crippen LogP contribution >= 0.6 is 0 Å². The Balaban J connectivity index is 2.69. The van der Waals surface area contributed by atoms with Crippen molar-refractivity contribution in [1.29, 1.82) is 0 Å². The third-order valence-corrected chi connectivity index (χ3v) is 2.48. The van der Waals surface area contributed by atoms with Crippen LogP contribution in [0, 0.1) is 0 Å². The van der Waals surface area contributed by atoms with Gasteiger partial charge < -0.3 is 20.3 Å². The van der Waals surface area contributed by atoms with Gasteiger partial charge in [0.25, 0.3) is 0 Å². The summed E-state index contributed by atoms with van der Waals surface area (Å²) in [6.45, 7) is -2.36. The molecule has 18 heavy (non-hydrogen) atoms. The van der Waals surface area contributed by atoms with Crippen molar-refractivity contribution in [2.75, 3.05) is 13.6 Å². The van der Waals surface area contributed by atoms with Gasteiger partial charge in [-0.15, -0.1) is 0 Å². The van der Waals surface area contributed by atoms with Crippen molar-refractivity contribution in [2.24, 2.45) is 0 Å². The molecule has 102 valence electrons. The molecule has 4 nitrogen and oxygen atoms in total. The lowest BCUT2D eigenvalue weighted by molar-refractivity contribution is -0.0501. The fourth-order valence-corrected chi connectivity index (χ4v) is 1.55. The topological polar surface area (TPSA) is 61.7 Å². The number of ether oxygens (including phenoxy) is 1. The summed E-state index contributed by atoms with van der Waals surface area (Å²) < 4.78 is 28.3. The Hall–Kier alpha value is -1.24. The third kappa shape index (κ3) is 4.56. The average molecular weight is 261 g/mol. The van der Waals surface area contributed by atoms with Crippen LogP contribution in [0.15, 0.2) is 24.3 Å². The zero-order valence-electron chi connectivity index (χ0n) is 10.0. The molecule has 3 N–H and O–H groups in total. The second-order valence-electron chi connectivity index (χ2n) is 3.86. The molecule has 1 aromatic rings. The summed E-state index contributed by atoms with van der Waals surface area (Å²) in [6.07, 6.45) is -1.73. The van der Waals surface area contributed by atoms with E-state index in [4.69, 9.17) is 0 Å². The number of aliphatic hydroxyl groups is 2. The monoisotopic (exact) mass is 261 g/mol. The van der Waals surface area contributed by atoms with Crippen molar-refractivity contribution >= 4 is 0 Å². The first kappa shape index (κ1) is 14.8. The van der Waals surface area contributed by atoms with Crippen LogP contribution in [-0.2, 0) is 0 Å². The van der Waals surface area contributed by atoms with Crippen LogP contribution in [0.2, 0.25) is 0 Å². The summed E-state index contributed by atoms with van der Waals surface area (Å²) >= 11 is 0. The van der Waals surface area contributed by atoms with E-state index in [0.717, 1.165) is 0 Å². The first-order valence-electron chi connectivity index (χ1n) is 5.60. The smallest absolute Gasteiger partial charge is 0.387 e. The predicted molar refractivity (Wildman–Crippen MR) is 62.6 cm³/mol. The van der Waals surface area contributed by atoms with Crippen LogP contribution in [-0.4, -0.2) is 36.5 Å². The van der Waals surface area contributed by atoms with E-state index >= 15 is 0 Å². The lowest BCUT2D eigenvalue weighted by Crippen LogP contribution is -2.23. The largest absolute Gasteiger partial charge is 0.435 e. The first-order chi connectivity index (χ1) is 8.54. The fourth-order valence-electron chi connectivity index (χ4n) is 1.55. The van der Waals surface area contributed by atoms with Crippen molar-refractivity contribution in [3.63, 3.8) is 0 Å². The summed E-state index contributed by atoms with van der Waals surface area (Å²) in [6, 6.07) is 5.69. The Labute approximate surface area is 104 Å². The van der Waals surface area contributed by atoms with Gasteiger partial charge in [-0.25, -0.2) is 0 Å². The minimum absolute atomic E-state index is 0.0395. The maximum Gasteiger partial charge on any atom is 0.387 e. The summed E-state index contributed by atoms with van der Waals surface area (Å²) in [4.78, 5) is 0. The number of hydrogen-bond donors (Lipinski definition) is 3. The fraction of sp³-hybridized carbons (Fsp3) is 0.500. The highest BCUT2D eigenvalue weighted by Gasteiger charge is 2.18. The molecule has 0 saturated heterocycles. The highest BCUT2D eigenvalue weighted by Crippen LogP contribution is 2.23. The number of nitrogens with one attached hydrogen (secondary N) is 1. The third-order valence-electron chi connectivity index (χ3n) is 2.48. The molecule has 0 heterocycles. The molecule has 1 aromatic carbocycles. The minimum Gasteiger partial charge on any atom is -0.435 e. The molecule has 0 spiro atoms. The SMILES string of the molecule is CNCCC(O)C(O)c1cccc(OC(F)F)c1. The van der Waals surface area contributed by atoms with Crippen LogP contribution < -0.4 is 10.1 Å². The first-order valence-corrected chi connectivity index (χ1v) is 5.60. The molecule has 0 radical (unpaired) electrons. The van der Waals surface area contributed by atoms with E-state index in [-0.39, 0.29) is 5.75 Å². The van der Waals surface area contributed by atoms with Gasteiger partial charge >= 0.3 is 6.61 Å². The molecule has 0 aromatic heterocycles. The van der Waals surface area contributed by atoms with Crippen LogP contribution in [0.25, 0.3) is 0 Å². The van der Waals surface area contributed by atoms with Crippen LogP contribution in [0.1, 0.15) is 18.1 Å². The van der Waals surface area contributed by atoms with Gasteiger partial charge in [0.15, 0.2) is 0 Å². The molecule has 0 bridgehead atoms. The Morgan fingerprint density at radius 3 is 2.67 bits per heavy atom. The average Bonchev–Trinajstić information content (AvgIpc) is 2.34. The van der Waals surface area contributed by atoms with E-state index in [1.54, 1.807) is 13.1 Å². The van der Waals surface area contributed by atoms with Gasteiger partial charge in [-0.3, -0.25) is 0 Å². The van der Waals surface area contributed by atoms with Crippen molar-refractivity contribution in [1.82, 2.24) is 5.32 Å². The molecule has 6 heteroatoms. The summed E-state index contributed by atoms with van der Waals surface area (Å²) in [5.41, 5.74) is 0.344. The van der Waals surface area contributed by atoms with E-state index in [9.17, 15) is 19.0 Å². The number of aliphatic hydroxyl groups excluding tert-OH is 2. The van der Waals surface area contributed by atoms with Crippen molar-refractivity contribution in [3.05, 3.63) is 29.8 Å². The molecule has 0 fully saturated rings. The van der Waals surface area contributed by atoms with E-state index in [2.05, 4.69) is 10.1 Å². The molecular formula is C12H17F2NO3. The Kier molecular flexibility index (Phi) is 5.97. The molecule has 1 rings (SSSR count). The number of alkyl halides is 2. The van der Waals surface area contributed by atoms with Gasteiger partial charge in [-0.05, 0) is 37.7 Å². The normalized spacial score (nSPS) is 14.6. The predicted octanol–water partition coefficient (Wildman–Crippen LogP) is 1.29. The van der Waals surface area contributed by atoms with Gasteiger partial charge in [-0.2, -0.15) is 8.78 Å². The summed E-state index contributed by atoms with van der Waals surface area (Å²) in [5.74, 6) is -0.0395. The molecule has 2 unspecified atom stereocenters. The maximum absolute atomic E-state index is 12.0. The number of benzene rings is 1. The Morgan fingerprint density at radius 1 is 1.33 bits per heavy atom. The Bertz CT molecular complexity index is 363. The summed E-state index contributed by atoms with van der Waals surface area (Å²) in [5, 5.41) is 22.4. The zero-order valence-corrected chi connectivity index (χ0v) is 10.0. The van der Waals surface area contributed by atoms with Crippen LogP contribution in [0.5, 0.6) is 5.75 Å². The van der Waals surface area contributed by atoms with Gasteiger partial charge in [0.05, 0.1) is 6.10 Å². The van der Waals surface area contributed by atoms with Gasteiger partial charge in [0, 0.05) is 0 Å². The number of rotatable bonds is 7. The molecule has 2 atom stereocenters. The molecule has 0 aliphatic carbocycles. The van der Waals surface area contributed by atoms with Crippen LogP contribution in [0.3, 0.4) is 0 Å². The van der Waals surface area contributed by atoms with E-state index < -0.39 is 18.8 Å². The van der Waals surface area contributed by atoms with Crippen LogP contribution in [0.4, 0.5) is 8.78 Å². The second-order valence-corrected chi connectivity index (χ2v) is 3.86. The lowest BCUT2D eigenvalue weighted by atomic mass is 10.0. The second kappa shape index (κ2) is 7.25. The van der Waals surface area contributed by atoms with Gasteiger partial charge in [0.2, 0.25) is 0 Å². The van der Waals surface area contributed by atoms with Gasteiger partial charge in [-0.1, -0.05) is 12.1 Å².